The molecule has 2 N–H and O–H groups in total. The summed E-state index contributed by atoms with van der Waals surface area (Å²) in [5.74, 6) is 0.662. The number of carbonyl (C=O) groups excluding carboxylic acids is 1. The minimum atomic E-state index is -3.66. The molecule has 0 aliphatic rings. The highest BCUT2D eigenvalue weighted by Gasteiger charge is 2.22. The van der Waals surface area contributed by atoms with Crippen molar-refractivity contribution in [1.29, 1.82) is 0 Å². The number of anilines is 1. The van der Waals surface area contributed by atoms with Crippen LogP contribution in [0.25, 0.3) is 11.1 Å². The predicted octanol–water partition coefficient (Wildman–Crippen LogP) is 8.89. The molecule has 2 unspecified atom stereocenters. The second-order valence-electron chi connectivity index (χ2n) is 10.3. The molecule has 0 saturated carbocycles. The first-order valence-electron chi connectivity index (χ1n) is 14.5. The third kappa shape index (κ3) is 10.9. The Bertz CT molecular complexity index is 1230. The Hall–Kier alpha value is -2.92. The zero-order valence-corrected chi connectivity index (χ0v) is 25.0. The van der Waals surface area contributed by atoms with E-state index in [0.29, 0.717) is 24.1 Å². The zero-order chi connectivity index (χ0) is 28.8. The monoisotopic (exact) mass is 565 g/mol. The molecule has 7 heteroatoms. The Morgan fingerprint density at radius 1 is 0.900 bits per heavy atom. The predicted molar refractivity (Wildman–Crippen MR) is 164 cm³/mol. The SMILES string of the molecule is CCCCCCCCOc1ccc(-c2ccc(C(=O)Nc3cccc(CCP(=O)(O)OC(C)CC)c3)cc2)cc1. The summed E-state index contributed by atoms with van der Waals surface area (Å²) >= 11 is 0. The fraction of sp³-hybridized carbons (Fsp3) is 0.424. The standard InChI is InChI=1S/C33H44NO5P/c1-4-6-7-8-9-10-23-38-32-20-18-29(19-21-32)28-14-16-30(17-15-28)33(35)34-31-13-11-12-27(25-31)22-24-40(36,37)39-26(3)5-2/h11-21,25-26H,4-10,22-24H2,1-3H3,(H,34,35)(H,36,37). The second kappa shape index (κ2) is 16.4. The number of unbranched alkanes of at least 4 members (excludes halogenated alkanes) is 5. The van der Waals surface area contributed by atoms with Gasteiger partial charge in [0, 0.05) is 11.3 Å². The first-order valence-corrected chi connectivity index (χ1v) is 16.3. The number of aryl methyl sites for hydroxylation is 1. The molecule has 0 bridgehead atoms. The maximum atomic E-state index is 12.9. The molecule has 0 aliphatic carbocycles. The van der Waals surface area contributed by atoms with Crippen LogP contribution in [-0.2, 0) is 15.5 Å². The number of amides is 1. The van der Waals surface area contributed by atoms with E-state index in [2.05, 4.69) is 12.2 Å². The zero-order valence-electron chi connectivity index (χ0n) is 24.1. The molecule has 3 aromatic rings. The molecule has 3 aromatic carbocycles. The minimum Gasteiger partial charge on any atom is -0.494 e. The summed E-state index contributed by atoms with van der Waals surface area (Å²) in [5.41, 5.74) is 4.13. The summed E-state index contributed by atoms with van der Waals surface area (Å²) in [7, 11) is -3.66. The average molecular weight is 566 g/mol. The van der Waals surface area contributed by atoms with Gasteiger partial charge in [0.25, 0.3) is 5.91 Å². The van der Waals surface area contributed by atoms with Crippen LogP contribution in [0.5, 0.6) is 5.75 Å². The van der Waals surface area contributed by atoms with Crippen molar-refractivity contribution in [3.05, 3.63) is 83.9 Å². The highest BCUT2D eigenvalue weighted by Crippen LogP contribution is 2.44. The Kier molecular flexibility index (Phi) is 12.9. The van der Waals surface area contributed by atoms with Crippen molar-refractivity contribution in [3.8, 4) is 16.9 Å². The van der Waals surface area contributed by atoms with Crippen molar-refractivity contribution in [2.45, 2.75) is 78.2 Å². The summed E-state index contributed by atoms with van der Waals surface area (Å²) in [6, 6.07) is 22.9. The molecule has 0 aliphatic heterocycles. The lowest BCUT2D eigenvalue weighted by atomic mass is 10.0. The number of benzene rings is 3. The van der Waals surface area contributed by atoms with E-state index in [9.17, 15) is 14.3 Å². The van der Waals surface area contributed by atoms with E-state index < -0.39 is 7.60 Å². The Morgan fingerprint density at radius 2 is 1.55 bits per heavy atom. The lowest BCUT2D eigenvalue weighted by Gasteiger charge is -2.16. The van der Waals surface area contributed by atoms with Gasteiger partial charge in [0.2, 0.25) is 0 Å². The number of nitrogens with one attached hydrogen (secondary N) is 1. The van der Waals surface area contributed by atoms with Gasteiger partial charge < -0.3 is 19.5 Å². The van der Waals surface area contributed by atoms with Crippen molar-refractivity contribution >= 4 is 19.2 Å². The van der Waals surface area contributed by atoms with Gasteiger partial charge in [0.15, 0.2) is 0 Å². The van der Waals surface area contributed by atoms with Gasteiger partial charge in [-0.2, -0.15) is 0 Å². The topological polar surface area (TPSA) is 84.9 Å². The highest BCUT2D eigenvalue weighted by atomic mass is 31.2. The molecule has 0 fully saturated rings. The normalized spacial score (nSPS) is 13.4. The third-order valence-corrected chi connectivity index (χ3v) is 8.37. The van der Waals surface area contributed by atoms with E-state index in [1.807, 2.05) is 73.7 Å². The van der Waals surface area contributed by atoms with Crippen LogP contribution in [0.15, 0.2) is 72.8 Å². The van der Waals surface area contributed by atoms with Crippen molar-refractivity contribution < 1.29 is 23.5 Å². The first-order chi connectivity index (χ1) is 19.3. The number of ether oxygens (including phenoxy) is 1. The first kappa shape index (κ1) is 31.6. The van der Waals surface area contributed by atoms with Crippen molar-refractivity contribution in [2.75, 3.05) is 18.1 Å². The maximum Gasteiger partial charge on any atom is 0.328 e. The van der Waals surface area contributed by atoms with Crippen molar-refractivity contribution in [1.82, 2.24) is 0 Å². The van der Waals surface area contributed by atoms with Gasteiger partial charge in [-0.05, 0) is 79.3 Å². The molecule has 1 amide bonds. The minimum absolute atomic E-state index is 0.0302. The smallest absolute Gasteiger partial charge is 0.328 e. The number of hydrogen-bond donors (Lipinski definition) is 2. The summed E-state index contributed by atoms with van der Waals surface area (Å²) in [6.45, 7) is 6.67. The van der Waals surface area contributed by atoms with Crippen LogP contribution < -0.4 is 10.1 Å². The summed E-state index contributed by atoms with van der Waals surface area (Å²) < 4.78 is 23.5. The van der Waals surface area contributed by atoms with Gasteiger partial charge in [-0.15, -0.1) is 0 Å². The van der Waals surface area contributed by atoms with Crippen molar-refractivity contribution in [3.63, 3.8) is 0 Å². The van der Waals surface area contributed by atoms with Crippen LogP contribution in [0.1, 0.15) is 81.6 Å². The van der Waals surface area contributed by atoms with Crippen LogP contribution in [0.3, 0.4) is 0 Å². The van der Waals surface area contributed by atoms with Gasteiger partial charge in [-0.25, -0.2) is 0 Å². The highest BCUT2D eigenvalue weighted by molar-refractivity contribution is 7.52. The van der Waals surface area contributed by atoms with E-state index >= 15 is 0 Å². The summed E-state index contributed by atoms with van der Waals surface area (Å²) in [4.78, 5) is 22.9. The molecular formula is C33H44NO5P. The quantitative estimate of drug-likeness (QED) is 0.126. The van der Waals surface area contributed by atoms with Gasteiger partial charge in [-0.3, -0.25) is 9.36 Å². The lowest BCUT2D eigenvalue weighted by Crippen LogP contribution is -2.12. The Labute approximate surface area is 239 Å². The summed E-state index contributed by atoms with van der Waals surface area (Å²) in [5, 5.41) is 2.92. The molecule has 0 aromatic heterocycles. The molecule has 0 saturated heterocycles. The van der Waals surface area contributed by atoms with E-state index in [1.54, 1.807) is 13.0 Å². The van der Waals surface area contributed by atoms with E-state index in [0.717, 1.165) is 35.5 Å². The third-order valence-electron chi connectivity index (χ3n) is 6.89. The fourth-order valence-electron chi connectivity index (χ4n) is 4.32. The second-order valence-corrected chi connectivity index (χ2v) is 12.2. The molecule has 0 heterocycles. The largest absolute Gasteiger partial charge is 0.494 e. The number of carbonyl (C=O) groups is 1. The summed E-state index contributed by atoms with van der Waals surface area (Å²) in [6.07, 6.45) is 8.28. The van der Waals surface area contributed by atoms with Crippen molar-refractivity contribution in [2.24, 2.45) is 0 Å². The molecule has 2 atom stereocenters. The van der Waals surface area contributed by atoms with E-state index in [4.69, 9.17) is 9.26 Å². The van der Waals surface area contributed by atoms with Gasteiger partial charge in [0.1, 0.15) is 5.75 Å². The van der Waals surface area contributed by atoms with Gasteiger partial charge in [0.05, 0.1) is 18.9 Å². The van der Waals surface area contributed by atoms with Crippen LogP contribution in [0.4, 0.5) is 5.69 Å². The van der Waals surface area contributed by atoms with Crippen LogP contribution >= 0.6 is 7.60 Å². The molecule has 3 rings (SSSR count). The van der Waals surface area contributed by atoms with E-state index in [-0.39, 0.29) is 18.2 Å². The fourth-order valence-corrected chi connectivity index (χ4v) is 5.67. The molecule has 40 heavy (non-hydrogen) atoms. The maximum absolute atomic E-state index is 12.9. The van der Waals surface area contributed by atoms with E-state index in [1.165, 1.54) is 32.1 Å². The average Bonchev–Trinajstić information content (AvgIpc) is 2.96. The van der Waals surface area contributed by atoms with Gasteiger partial charge >= 0.3 is 7.60 Å². The molecule has 0 spiro atoms. The molecular weight excluding hydrogens is 521 g/mol. The Balaban J connectivity index is 1.49. The number of hydrogen-bond acceptors (Lipinski definition) is 4. The van der Waals surface area contributed by atoms with Crippen LogP contribution in [-0.4, -0.2) is 29.7 Å². The van der Waals surface area contributed by atoms with Gasteiger partial charge in [-0.1, -0.05) is 82.3 Å². The molecule has 6 nitrogen and oxygen atoms in total. The Morgan fingerprint density at radius 3 is 2.23 bits per heavy atom. The van der Waals surface area contributed by atoms with Crippen LogP contribution in [0, 0.1) is 0 Å². The lowest BCUT2D eigenvalue weighted by molar-refractivity contribution is 0.102. The number of rotatable bonds is 17. The molecule has 0 radical (unpaired) electrons. The molecule has 216 valence electrons. The van der Waals surface area contributed by atoms with Crippen LogP contribution in [0.2, 0.25) is 0 Å².